The van der Waals surface area contributed by atoms with Crippen LogP contribution in [0.15, 0.2) is 48.5 Å². The zero-order chi connectivity index (χ0) is 40.0. The van der Waals surface area contributed by atoms with Crippen LogP contribution in [-0.2, 0) is 28.7 Å². The van der Waals surface area contributed by atoms with E-state index >= 15 is 0 Å². The first-order chi connectivity index (χ1) is 25.3. The van der Waals surface area contributed by atoms with Crippen LogP contribution >= 0.6 is 0 Å². The SMILES string of the molecule is CC(C)(C)OC(=O)CNC(=O)[C@H](CN1C(=O)c2ccccc2C1=O)NC(=O)CNC(=O)[C@@H](CCCN1C(=O)c2ccccc2C1=O)NC(=O)OC(C)(C)C. The lowest BCUT2D eigenvalue weighted by Gasteiger charge is -2.25. The first-order valence-electron chi connectivity index (χ1n) is 17.2. The van der Waals surface area contributed by atoms with E-state index in [1.54, 1.807) is 65.8 Å². The van der Waals surface area contributed by atoms with Crippen molar-refractivity contribution in [2.75, 3.05) is 26.2 Å². The van der Waals surface area contributed by atoms with Gasteiger partial charge in [0, 0.05) is 6.54 Å². The van der Waals surface area contributed by atoms with E-state index in [0.717, 1.165) is 9.80 Å². The molecule has 8 amide bonds. The summed E-state index contributed by atoms with van der Waals surface area (Å²) in [6.45, 7) is 7.79. The molecule has 2 atom stereocenters. The number of nitrogens with one attached hydrogen (secondary N) is 4. The third-order valence-corrected chi connectivity index (χ3v) is 7.91. The summed E-state index contributed by atoms with van der Waals surface area (Å²) in [4.78, 5) is 118. The van der Waals surface area contributed by atoms with Crippen LogP contribution in [0.3, 0.4) is 0 Å². The van der Waals surface area contributed by atoms with Crippen molar-refractivity contribution in [3.63, 3.8) is 0 Å². The van der Waals surface area contributed by atoms with E-state index in [9.17, 15) is 43.2 Å². The predicted octanol–water partition coefficient (Wildman–Crippen LogP) is 1.31. The van der Waals surface area contributed by atoms with E-state index in [2.05, 4.69) is 21.3 Å². The number of rotatable bonds is 14. The summed E-state index contributed by atoms with van der Waals surface area (Å²) in [6, 6.07) is 9.54. The van der Waals surface area contributed by atoms with Gasteiger partial charge in [-0.3, -0.25) is 48.2 Å². The van der Waals surface area contributed by atoms with Gasteiger partial charge in [-0.05, 0) is 78.6 Å². The number of hydrogen-bond acceptors (Lipinski definition) is 11. The minimum absolute atomic E-state index is 0.0650. The number of nitrogens with zero attached hydrogens (tertiary/aromatic N) is 2. The van der Waals surface area contributed by atoms with Gasteiger partial charge in [-0.15, -0.1) is 0 Å². The lowest BCUT2D eigenvalue weighted by Crippen LogP contribution is -2.56. The van der Waals surface area contributed by atoms with Gasteiger partial charge in [0.1, 0.15) is 29.8 Å². The summed E-state index contributed by atoms with van der Waals surface area (Å²) >= 11 is 0. The highest BCUT2D eigenvalue weighted by molar-refractivity contribution is 6.22. The first kappa shape index (κ1) is 40.6. The van der Waals surface area contributed by atoms with Crippen molar-refractivity contribution < 1.29 is 52.6 Å². The molecule has 2 aliphatic heterocycles. The Morgan fingerprint density at radius 2 is 1.06 bits per heavy atom. The van der Waals surface area contributed by atoms with Crippen molar-refractivity contribution in [3.05, 3.63) is 70.8 Å². The summed E-state index contributed by atoms with van der Waals surface area (Å²) < 4.78 is 10.5. The Kier molecular flexibility index (Phi) is 12.6. The van der Waals surface area contributed by atoms with Crippen molar-refractivity contribution in [3.8, 4) is 0 Å². The van der Waals surface area contributed by atoms with Crippen molar-refractivity contribution in [1.82, 2.24) is 31.1 Å². The van der Waals surface area contributed by atoms with E-state index in [-0.39, 0.29) is 41.6 Å². The Morgan fingerprint density at radius 1 is 0.611 bits per heavy atom. The van der Waals surface area contributed by atoms with Gasteiger partial charge in [-0.1, -0.05) is 24.3 Å². The molecule has 0 saturated carbocycles. The molecule has 2 heterocycles. The minimum Gasteiger partial charge on any atom is -0.459 e. The molecule has 4 rings (SSSR count). The Balaban J connectivity index is 1.42. The van der Waals surface area contributed by atoms with E-state index in [1.807, 2.05) is 0 Å². The average Bonchev–Trinajstić information content (AvgIpc) is 3.47. The number of ether oxygens (including phenoxy) is 2. The molecule has 2 aromatic carbocycles. The van der Waals surface area contributed by atoms with E-state index in [1.165, 1.54) is 24.3 Å². The molecule has 0 bridgehead atoms. The average molecular weight is 749 g/mol. The minimum atomic E-state index is -1.56. The van der Waals surface area contributed by atoms with Crippen LogP contribution in [0.4, 0.5) is 4.79 Å². The van der Waals surface area contributed by atoms with Gasteiger partial charge < -0.3 is 30.7 Å². The van der Waals surface area contributed by atoms with Gasteiger partial charge in [0.15, 0.2) is 0 Å². The van der Waals surface area contributed by atoms with Crippen LogP contribution in [0, 0.1) is 0 Å². The number of hydrogen-bond donors (Lipinski definition) is 4. The number of benzene rings is 2. The molecule has 17 nitrogen and oxygen atoms in total. The fraction of sp³-hybridized carbons (Fsp3) is 0.432. The third-order valence-electron chi connectivity index (χ3n) is 7.91. The molecule has 0 fully saturated rings. The quantitative estimate of drug-likeness (QED) is 0.159. The maximum atomic E-state index is 13.3. The van der Waals surface area contributed by atoms with Crippen LogP contribution in [0.5, 0.6) is 0 Å². The molecule has 54 heavy (non-hydrogen) atoms. The van der Waals surface area contributed by atoms with Gasteiger partial charge in [0.25, 0.3) is 23.6 Å². The van der Waals surface area contributed by atoms with Crippen molar-refractivity contribution in [2.45, 2.75) is 77.7 Å². The van der Waals surface area contributed by atoms with Crippen molar-refractivity contribution in [2.24, 2.45) is 0 Å². The van der Waals surface area contributed by atoms with Crippen LogP contribution in [0.25, 0.3) is 0 Å². The van der Waals surface area contributed by atoms with Gasteiger partial charge in [-0.25, -0.2) is 4.79 Å². The molecule has 4 N–H and O–H groups in total. The highest BCUT2D eigenvalue weighted by Crippen LogP contribution is 2.24. The zero-order valence-corrected chi connectivity index (χ0v) is 30.9. The topological polar surface area (TPSA) is 227 Å². The molecule has 2 aliphatic rings. The molecule has 17 heteroatoms. The Labute approximate surface area is 311 Å². The first-order valence-corrected chi connectivity index (χ1v) is 17.2. The predicted molar refractivity (Wildman–Crippen MR) is 190 cm³/mol. The van der Waals surface area contributed by atoms with Gasteiger partial charge in [-0.2, -0.15) is 0 Å². The van der Waals surface area contributed by atoms with Crippen molar-refractivity contribution in [1.29, 1.82) is 0 Å². The molecular formula is C37H44N6O11. The standard InChI is InChI=1S/C37H44N6O11/c1-36(2,3)53-28(45)19-39-30(47)26(20-43-33(50)23-14-9-10-15-24(23)34(43)51)40-27(44)18-38-29(46)25(41-35(52)54-37(4,5)6)16-11-17-42-31(48)21-12-7-8-13-22(21)32(42)49/h7-10,12-15,25-26H,11,16-20H2,1-6H3,(H,38,46)(H,39,47)(H,40,44)(H,41,52)/t25-,26+/m1/s1. The molecule has 0 aromatic heterocycles. The summed E-state index contributed by atoms with van der Waals surface area (Å²) in [5.74, 6) is -5.81. The fourth-order valence-electron chi connectivity index (χ4n) is 5.59. The fourth-order valence-corrected chi connectivity index (χ4v) is 5.59. The second-order valence-corrected chi connectivity index (χ2v) is 14.6. The van der Waals surface area contributed by atoms with Gasteiger partial charge >= 0.3 is 12.1 Å². The molecule has 0 radical (unpaired) electrons. The second kappa shape index (κ2) is 16.7. The second-order valence-electron chi connectivity index (χ2n) is 14.6. The Hall–Kier alpha value is -6.13. The maximum absolute atomic E-state index is 13.3. The van der Waals surface area contributed by atoms with E-state index in [0.29, 0.717) is 0 Å². The normalized spacial score (nSPS) is 14.9. The van der Waals surface area contributed by atoms with Crippen molar-refractivity contribution >= 4 is 53.4 Å². The van der Waals surface area contributed by atoms with Crippen LogP contribution in [0.2, 0.25) is 0 Å². The lowest BCUT2D eigenvalue weighted by atomic mass is 10.1. The highest BCUT2D eigenvalue weighted by Gasteiger charge is 2.39. The monoisotopic (exact) mass is 748 g/mol. The number of alkyl carbamates (subject to hydrolysis) is 1. The van der Waals surface area contributed by atoms with Crippen LogP contribution in [-0.4, -0.2) is 113 Å². The summed E-state index contributed by atoms with van der Waals surface area (Å²) in [6.07, 6.45) is -0.920. The number of carbonyl (C=O) groups excluding carboxylic acids is 9. The maximum Gasteiger partial charge on any atom is 0.408 e. The van der Waals surface area contributed by atoms with Crippen LogP contribution < -0.4 is 21.3 Å². The number of fused-ring (bicyclic) bond motifs is 2. The molecule has 0 spiro atoms. The Bertz CT molecular complexity index is 1790. The lowest BCUT2D eigenvalue weighted by molar-refractivity contribution is -0.154. The van der Waals surface area contributed by atoms with Gasteiger partial charge in [0.05, 0.1) is 35.3 Å². The zero-order valence-electron chi connectivity index (χ0n) is 30.9. The number of carbonyl (C=O) groups is 9. The van der Waals surface area contributed by atoms with Gasteiger partial charge in [0.2, 0.25) is 17.7 Å². The highest BCUT2D eigenvalue weighted by atomic mass is 16.6. The summed E-state index contributed by atoms with van der Waals surface area (Å²) in [5.41, 5.74) is -1.02. The van der Waals surface area contributed by atoms with E-state index in [4.69, 9.17) is 9.47 Å². The number of esters is 1. The largest absolute Gasteiger partial charge is 0.459 e. The molecule has 2 aromatic rings. The third kappa shape index (κ3) is 10.5. The molecule has 0 aliphatic carbocycles. The Morgan fingerprint density at radius 3 is 1.54 bits per heavy atom. The summed E-state index contributed by atoms with van der Waals surface area (Å²) in [5, 5.41) is 9.56. The van der Waals surface area contributed by atoms with E-state index < -0.39 is 96.3 Å². The number of amides is 8. The summed E-state index contributed by atoms with van der Waals surface area (Å²) in [7, 11) is 0. The molecule has 0 unspecified atom stereocenters. The van der Waals surface area contributed by atoms with Crippen LogP contribution in [0.1, 0.15) is 95.8 Å². The smallest absolute Gasteiger partial charge is 0.408 e. The number of imide groups is 2. The molecule has 288 valence electrons. The molecular weight excluding hydrogens is 704 g/mol. The molecule has 0 saturated heterocycles.